The van der Waals surface area contributed by atoms with Gasteiger partial charge in [0.05, 0.1) is 12.6 Å². The highest BCUT2D eigenvalue weighted by Crippen LogP contribution is 2.21. The molecule has 0 aliphatic carbocycles. The lowest BCUT2D eigenvalue weighted by atomic mass is 9.99. The first-order chi connectivity index (χ1) is 10.6. The molecular weight excluding hydrogens is 287 g/mol. The summed E-state index contributed by atoms with van der Waals surface area (Å²) in [5.41, 5.74) is 6.42. The Kier molecular flexibility index (Phi) is 5.02. The molecule has 0 saturated heterocycles. The number of halogens is 1. The first-order valence-electron chi connectivity index (χ1n) is 6.54. The SMILES string of the molecule is NC(=O)NCC(=O)N[C@H](c1ccncc1)c1ccc(F)cc1. The van der Waals surface area contributed by atoms with E-state index in [1.165, 1.54) is 12.1 Å². The topological polar surface area (TPSA) is 97.1 Å². The minimum Gasteiger partial charge on any atom is -0.352 e. The Balaban J connectivity index is 2.21. The highest BCUT2D eigenvalue weighted by atomic mass is 19.1. The molecule has 1 aromatic carbocycles. The second-order valence-corrected chi connectivity index (χ2v) is 4.55. The van der Waals surface area contributed by atoms with Crippen LogP contribution in [0.1, 0.15) is 17.2 Å². The third-order valence-electron chi connectivity index (χ3n) is 2.97. The lowest BCUT2D eigenvalue weighted by molar-refractivity contribution is -0.120. The Morgan fingerprint density at radius 2 is 1.68 bits per heavy atom. The molecule has 1 heterocycles. The smallest absolute Gasteiger partial charge is 0.312 e. The first-order valence-corrected chi connectivity index (χ1v) is 6.54. The van der Waals surface area contributed by atoms with Crippen LogP contribution < -0.4 is 16.4 Å². The quantitative estimate of drug-likeness (QED) is 0.771. The molecule has 6 nitrogen and oxygen atoms in total. The van der Waals surface area contributed by atoms with Crippen molar-refractivity contribution in [3.8, 4) is 0 Å². The van der Waals surface area contributed by atoms with Gasteiger partial charge in [0.25, 0.3) is 0 Å². The van der Waals surface area contributed by atoms with E-state index in [0.29, 0.717) is 5.56 Å². The largest absolute Gasteiger partial charge is 0.352 e. The number of urea groups is 1. The molecule has 1 atom stereocenters. The summed E-state index contributed by atoms with van der Waals surface area (Å²) in [6, 6.07) is 8.04. The number of hydrogen-bond donors (Lipinski definition) is 3. The van der Waals surface area contributed by atoms with Crippen molar-refractivity contribution in [1.29, 1.82) is 0 Å². The summed E-state index contributed by atoms with van der Waals surface area (Å²) in [4.78, 5) is 26.5. The van der Waals surface area contributed by atoms with Crippen LogP contribution in [0.25, 0.3) is 0 Å². The molecule has 0 radical (unpaired) electrons. The van der Waals surface area contributed by atoms with Crippen LogP contribution in [-0.4, -0.2) is 23.5 Å². The van der Waals surface area contributed by atoms with Gasteiger partial charge in [-0.15, -0.1) is 0 Å². The molecule has 114 valence electrons. The summed E-state index contributed by atoms with van der Waals surface area (Å²) in [7, 11) is 0. The Morgan fingerprint density at radius 1 is 1.09 bits per heavy atom. The number of nitrogens with one attached hydrogen (secondary N) is 2. The van der Waals surface area contributed by atoms with Gasteiger partial charge in [0.2, 0.25) is 5.91 Å². The Labute approximate surface area is 126 Å². The van der Waals surface area contributed by atoms with Crippen LogP contribution in [0.3, 0.4) is 0 Å². The van der Waals surface area contributed by atoms with E-state index in [2.05, 4.69) is 15.6 Å². The molecule has 0 bridgehead atoms. The minimum absolute atomic E-state index is 0.238. The van der Waals surface area contributed by atoms with Crippen molar-refractivity contribution < 1.29 is 14.0 Å². The zero-order valence-electron chi connectivity index (χ0n) is 11.6. The molecule has 1 aromatic heterocycles. The van der Waals surface area contributed by atoms with Crippen molar-refractivity contribution >= 4 is 11.9 Å². The predicted octanol–water partition coefficient (Wildman–Crippen LogP) is 1.09. The van der Waals surface area contributed by atoms with Gasteiger partial charge in [-0.2, -0.15) is 0 Å². The average Bonchev–Trinajstić information content (AvgIpc) is 2.52. The highest BCUT2D eigenvalue weighted by Gasteiger charge is 2.17. The molecule has 3 amide bonds. The van der Waals surface area contributed by atoms with Crippen molar-refractivity contribution in [3.63, 3.8) is 0 Å². The van der Waals surface area contributed by atoms with Crippen molar-refractivity contribution in [2.24, 2.45) is 5.73 Å². The van der Waals surface area contributed by atoms with Gasteiger partial charge in [-0.05, 0) is 35.4 Å². The number of hydrogen-bond acceptors (Lipinski definition) is 3. The molecule has 0 saturated carbocycles. The number of aromatic nitrogens is 1. The molecule has 2 rings (SSSR count). The van der Waals surface area contributed by atoms with Crippen LogP contribution in [0.15, 0.2) is 48.8 Å². The Hall–Kier alpha value is -2.96. The number of benzene rings is 1. The zero-order chi connectivity index (χ0) is 15.9. The molecule has 0 unspecified atom stereocenters. The summed E-state index contributed by atoms with van der Waals surface area (Å²) in [6.07, 6.45) is 3.19. The third kappa shape index (κ3) is 4.27. The second-order valence-electron chi connectivity index (χ2n) is 4.55. The summed E-state index contributed by atoms with van der Waals surface area (Å²) < 4.78 is 13.1. The third-order valence-corrected chi connectivity index (χ3v) is 2.97. The Bertz CT molecular complexity index is 646. The van der Waals surface area contributed by atoms with E-state index >= 15 is 0 Å². The number of carbonyl (C=O) groups excluding carboxylic acids is 2. The maximum atomic E-state index is 13.1. The molecule has 0 aliphatic heterocycles. The number of primary amides is 1. The fourth-order valence-corrected chi connectivity index (χ4v) is 1.95. The number of nitrogens with zero attached hydrogens (tertiary/aromatic N) is 1. The summed E-state index contributed by atoms with van der Waals surface area (Å²) in [5.74, 6) is -0.774. The first kappa shape index (κ1) is 15.4. The zero-order valence-corrected chi connectivity index (χ0v) is 11.6. The molecule has 2 aromatic rings. The van der Waals surface area contributed by atoms with Gasteiger partial charge in [0.15, 0.2) is 0 Å². The predicted molar refractivity (Wildman–Crippen MR) is 78.2 cm³/mol. The number of pyridine rings is 1. The highest BCUT2D eigenvalue weighted by molar-refractivity contribution is 5.83. The van der Waals surface area contributed by atoms with Crippen LogP contribution in [0.2, 0.25) is 0 Å². The normalized spacial score (nSPS) is 11.5. The maximum absolute atomic E-state index is 13.1. The molecule has 0 aliphatic rings. The number of amides is 3. The summed E-state index contributed by atoms with van der Waals surface area (Å²) in [6.45, 7) is -0.238. The van der Waals surface area contributed by atoms with Crippen LogP contribution in [0.4, 0.5) is 9.18 Å². The number of rotatable bonds is 5. The van der Waals surface area contributed by atoms with E-state index in [-0.39, 0.29) is 12.4 Å². The van der Waals surface area contributed by atoms with E-state index in [9.17, 15) is 14.0 Å². The van der Waals surface area contributed by atoms with Crippen molar-refractivity contribution in [1.82, 2.24) is 15.6 Å². The van der Waals surface area contributed by atoms with Crippen LogP contribution in [-0.2, 0) is 4.79 Å². The second kappa shape index (κ2) is 7.16. The molecule has 22 heavy (non-hydrogen) atoms. The van der Waals surface area contributed by atoms with E-state index in [1.54, 1.807) is 36.7 Å². The van der Waals surface area contributed by atoms with E-state index in [1.807, 2.05) is 0 Å². The summed E-state index contributed by atoms with van der Waals surface area (Å²) >= 11 is 0. The number of carbonyl (C=O) groups is 2. The van der Waals surface area contributed by atoms with E-state index in [0.717, 1.165) is 5.56 Å². The lowest BCUT2D eigenvalue weighted by Crippen LogP contribution is -2.40. The summed E-state index contributed by atoms with van der Waals surface area (Å²) in [5, 5.41) is 4.98. The van der Waals surface area contributed by atoms with Gasteiger partial charge < -0.3 is 16.4 Å². The lowest BCUT2D eigenvalue weighted by Gasteiger charge is -2.19. The fraction of sp³-hybridized carbons (Fsp3) is 0.133. The van der Waals surface area contributed by atoms with Gasteiger partial charge in [0, 0.05) is 12.4 Å². The van der Waals surface area contributed by atoms with Crippen LogP contribution >= 0.6 is 0 Å². The minimum atomic E-state index is -0.780. The van der Waals surface area contributed by atoms with Gasteiger partial charge in [-0.1, -0.05) is 12.1 Å². The van der Waals surface area contributed by atoms with Gasteiger partial charge in [0.1, 0.15) is 5.82 Å². The van der Waals surface area contributed by atoms with Crippen molar-refractivity contribution in [2.45, 2.75) is 6.04 Å². The standard InChI is InChI=1S/C15H15FN4O2/c16-12-3-1-10(2-4-12)14(11-5-7-18-8-6-11)20-13(21)9-19-15(17)22/h1-8,14H,9H2,(H,20,21)(H3,17,19,22)/t14-/m0/s1. The average molecular weight is 302 g/mol. The molecule has 0 fully saturated rings. The van der Waals surface area contributed by atoms with Gasteiger partial charge in [-0.25, -0.2) is 9.18 Å². The fourth-order valence-electron chi connectivity index (χ4n) is 1.95. The van der Waals surface area contributed by atoms with Crippen LogP contribution in [0, 0.1) is 5.82 Å². The maximum Gasteiger partial charge on any atom is 0.312 e. The molecule has 0 spiro atoms. The molecule has 4 N–H and O–H groups in total. The van der Waals surface area contributed by atoms with Crippen molar-refractivity contribution in [3.05, 3.63) is 65.7 Å². The van der Waals surface area contributed by atoms with E-state index in [4.69, 9.17) is 5.73 Å². The number of nitrogens with two attached hydrogens (primary N) is 1. The van der Waals surface area contributed by atoms with Crippen molar-refractivity contribution in [2.75, 3.05) is 6.54 Å². The monoisotopic (exact) mass is 302 g/mol. The Morgan fingerprint density at radius 3 is 2.27 bits per heavy atom. The van der Waals surface area contributed by atoms with Gasteiger partial charge >= 0.3 is 6.03 Å². The molecular formula is C15H15FN4O2. The van der Waals surface area contributed by atoms with Gasteiger partial charge in [-0.3, -0.25) is 9.78 Å². The molecule has 7 heteroatoms. The van der Waals surface area contributed by atoms with E-state index < -0.39 is 18.0 Å². The van der Waals surface area contributed by atoms with Crippen LogP contribution in [0.5, 0.6) is 0 Å².